The number of pyridine rings is 1. The molecule has 12 nitrogen and oxygen atoms in total. The molecule has 166 valence electrons. The van der Waals surface area contributed by atoms with Gasteiger partial charge in [0.2, 0.25) is 11.5 Å². The summed E-state index contributed by atoms with van der Waals surface area (Å²) in [5.41, 5.74) is 4.92. The molecule has 4 heterocycles. The summed E-state index contributed by atoms with van der Waals surface area (Å²) in [7, 11) is 1.88. The van der Waals surface area contributed by atoms with Crippen LogP contribution in [0.15, 0.2) is 45.2 Å². The number of oxime groups is 1. The van der Waals surface area contributed by atoms with Gasteiger partial charge < -0.3 is 21.4 Å². The third kappa shape index (κ3) is 3.89. The number of carbonyl (C=O) groups excluding carboxylic acids is 2. The average Bonchev–Trinajstić information content (AvgIpc) is 3.19. The van der Waals surface area contributed by atoms with Crippen LogP contribution in [0, 0.1) is 0 Å². The minimum absolute atomic E-state index is 0.0834. The Bertz CT molecular complexity index is 1160. The van der Waals surface area contributed by atoms with Crippen LogP contribution in [-0.2, 0) is 21.4 Å². The van der Waals surface area contributed by atoms with Gasteiger partial charge in [0.15, 0.2) is 17.5 Å². The van der Waals surface area contributed by atoms with E-state index in [-0.39, 0.29) is 16.7 Å². The molecule has 2 aliphatic rings. The number of thioether (sulfide) groups is 1. The van der Waals surface area contributed by atoms with Crippen molar-refractivity contribution < 1.29 is 29.3 Å². The average molecular weight is 477 g/mol. The number of allylic oxidation sites excluding steroid dienone is 1. The summed E-state index contributed by atoms with van der Waals surface area (Å²) >= 11 is 2.12. The van der Waals surface area contributed by atoms with Crippen molar-refractivity contribution in [3.8, 4) is 0 Å². The molecule has 32 heavy (non-hydrogen) atoms. The fourth-order valence-corrected chi connectivity index (χ4v) is 5.04. The predicted octanol–water partition coefficient (Wildman–Crippen LogP) is -0.299. The lowest BCUT2D eigenvalue weighted by Gasteiger charge is -2.50. The Morgan fingerprint density at radius 1 is 1.41 bits per heavy atom. The van der Waals surface area contributed by atoms with Gasteiger partial charge in [-0.2, -0.15) is 9.36 Å². The molecule has 0 spiro atoms. The highest BCUT2D eigenvalue weighted by Gasteiger charge is 2.53. The highest BCUT2D eigenvalue weighted by atomic mass is 32.2. The number of nitrogens with two attached hydrogens (primary N) is 1. The minimum atomic E-state index is -1.21. The second-order valence-corrected chi connectivity index (χ2v) is 9.00. The molecule has 1 saturated heterocycles. The van der Waals surface area contributed by atoms with E-state index >= 15 is 0 Å². The number of rotatable bonds is 6. The number of nitrogens with zero attached hydrogens (tertiary/aromatic N) is 5. The van der Waals surface area contributed by atoms with Gasteiger partial charge in [0.05, 0.1) is 6.04 Å². The molecule has 14 heteroatoms. The Hall–Kier alpha value is -3.52. The summed E-state index contributed by atoms with van der Waals surface area (Å²) in [5, 5.41) is 24.5. The zero-order chi connectivity index (χ0) is 23.0. The number of carbonyl (C=O) groups is 3. The maximum Gasteiger partial charge on any atom is 0.353 e. The molecular formula is C18H18N7O5S2+. The van der Waals surface area contributed by atoms with Crippen molar-refractivity contribution in [3.05, 3.63) is 41.0 Å². The normalized spacial score (nSPS) is 20.6. The zero-order valence-corrected chi connectivity index (χ0v) is 18.3. The lowest BCUT2D eigenvalue weighted by Crippen LogP contribution is -2.72. The molecule has 0 bridgehead atoms. The Morgan fingerprint density at radius 2 is 2.12 bits per heavy atom. The van der Waals surface area contributed by atoms with Gasteiger partial charge in [-0.25, -0.2) is 9.36 Å². The number of carboxylic acid groups (broad SMARTS) is 1. The number of β-lactam (4-membered cyclic amide) rings is 1. The smallest absolute Gasteiger partial charge is 0.353 e. The molecule has 2 atom stereocenters. The van der Waals surface area contributed by atoms with Crippen molar-refractivity contribution in [1.82, 2.24) is 19.6 Å². The first-order chi connectivity index (χ1) is 15.3. The molecule has 0 aromatic carbocycles. The molecule has 2 amide bonds. The van der Waals surface area contributed by atoms with Crippen LogP contribution < -0.4 is 15.6 Å². The number of nitrogen functional groups attached to an aromatic ring is 1. The Kier molecular flexibility index (Phi) is 5.80. The van der Waals surface area contributed by atoms with Crippen LogP contribution in [0.25, 0.3) is 0 Å². The zero-order valence-electron chi connectivity index (χ0n) is 16.6. The Morgan fingerprint density at radius 3 is 2.72 bits per heavy atom. The van der Waals surface area contributed by atoms with Crippen LogP contribution in [0.2, 0.25) is 0 Å². The van der Waals surface area contributed by atoms with Crippen LogP contribution in [-0.4, -0.2) is 60.2 Å². The van der Waals surface area contributed by atoms with Gasteiger partial charge in [0.25, 0.3) is 11.8 Å². The standard InChI is InChI=1S/C18H17N7O5S2/c1-24-6-4-8(5-7-24)31-10-3-2-9-11(16(27)25(9)13(10)17(28)29)20-15(26)12(22-30)14-21-18(19)32-23-14/h4-7,9,11H,2-3H2,1H3,(H4-,19,20,21,23,26,28,29,30)/p+1/t9?,11-/m0/s1. The van der Waals surface area contributed by atoms with E-state index in [0.717, 1.165) is 16.4 Å². The number of aliphatic carboxylic acids is 1. The number of amides is 2. The highest BCUT2D eigenvalue weighted by molar-refractivity contribution is 8.03. The van der Waals surface area contributed by atoms with Gasteiger partial charge in [0.1, 0.15) is 18.8 Å². The van der Waals surface area contributed by atoms with Crippen molar-refractivity contribution in [2.24, 2.45) is 12.2 Å². The molecule has 5 N–H and O–H groups in total. The maximum absolute atomic E-state index is 12.8. The van der Waals surface area contributed by atoms with E-state index in [4.69, 9.17) is 5.73 Å². The van der Waals surface area contributed by atoms with Crippen molar-refractivity contribution in [2.75, 3.05) is 5.73 Å². The van der Waals surface area contributed by atoms with Crippen LogP contribution in [0.4, 0.5) is 5.13 Å². The van der Waals surface area contributed by atoms with Crippen molar-refractivity contribution >= 4 is 51.9 Å². The number of hydrogen-bond donors (Lipinski definition) is 4. The summed E-state index contributed by atoms with van der Waals surface area (Å²) in [6.45, 7) is 0. The summed E-state index contributed by atoms with van der Waals surface area (Å²) < 4.78 is 5.68. The number of carboxylic acids is 1. The summed E-state index contributed by atoms with van der Waals surface area (Å²) in [6, 6.07) is 2.24. The van der Waals surface area contributed by atoms with Crippen LogP contribution >= 0.6 is 23.3 Å². The predicted molar refractivity (Wildman–Crippen MR) is 113 cm³/mol. The Balaban J connectivity index is 1.52. The highest BCUT2D eigenvalue weighted by Crippen LogP contribution is 2.42. The maximum atomic E-state index is 12.8. The van der Waals surface area contributed by atoms with E-state index in [2.05, 4.69) is 19.8 Å². The van der Waals surface area contributed by atoms with Gasteiger partial charge in [-0.15, -0.1) is 0 Å². The lowest BCUT2D eigenvalue weighted by atomic mass is 9.86. The third-order valence-corrected chi connectivity index (χ3v) is 6.73. The van der Waals surface area contributed by atoms with E-state index in [1.165, 1.54) is 16.7 Å². The number of hydrogen-bond acceptors (Lipinski definition) is 10. The van der Waals surface area contributed by atoms with Gasteiger partial charge in [-0.05, 0) is 12.8 Å². The second-order valence-electron chi connectivity index (χ2n) is 7.05. The van der Waals surface area contributed by atoms with Gasteiger partial charge in [-0.3, -0.25) is 14.5 Å². The van der Waals surface area contributed by atoms with Crippen molar-refractivity contribution in [2.45, 2.75) is 29.8 Å². The summed E-state index contributed by atoms with van der Waals surface area (Å²) in [6.07, 6.45) is 4.59. The van der Waals surface area contributed by atoms with Gasteiger partial charge in [-0.1, -0.05) is 16.9 Å². The van der Waals surface area contributed by atoms with E-state index in [9.17, 15) is 24.7 Å². The number of aromatic nitrogens is 3. The Labute approximate surface area is 189 Å². The summed E-state index contributed by atoms with van der Waals surface area (Å²) in [5.74, 6) is -2.79. The van der Waals surface area contributed by atoms with E-state index in [1.54, 1.807) is 0 Å². The quantitative estimate of drug-likeness (QED) is 0.143. The largest absolute Gasteiger partial charge is 0.477 e. The van der Waals surface area contributed by atoms with Crippen LogP contribution in [0.5, 0.6) is 0 Å². The molecule has 2 aromatic heterocycles. The number of anilines is 1. The van der Waals surface area contributed by atoms with E-state index in [0.29, 0.717) is 17.7 Å². The molecule has 4 rings (SSSR count). The lowest BCUT2D eigenvalue weighted by molar-refractivity contribution is -0.671. The number of nitrogens with one attached hydrogen (secondary N) is 1. The fourth-order valence-electron chi connectivity index (χ4n) is 3.56. The van der Waals surface area contributed by atoms with E-state index in [1.807, 2.05) is 36.1 Å². The number of fused-ring (bicyclic) bond motifs is 1. The number of aryl methyl sites for hydroxylation is 1. The van der Waals surface area contributed by atoms with Crippen LogP contribution in [0.1, 0.15) is 18.7 Å². The first kappa shape index (κ1) is 21.7. The van der Waals surface area contributed by atoms with Gasteiger partial charge in [0, 0.05) is 33.5 Å². The first-order valence-corrected chi connectivity index (χ1v) is 10.9. The summed E-state index contributed by atoms with van der Waals surface area (Å²) in [4.78, 5) is 43.7. The molecule has 0 saturated carbocycles. The monoisotopic (exact) mass is 476 g/mol. The molecular weight excluding hydrogens is 458 g/mol. The fraction of sp³-hybridized carbons (Fsp3) is 0.278. The van der Waals surface area contributed by atoms with E-state index < -0.39 is 35.6 Å². The molecule has 0 radical (unpaired) electrons. The topological polar surface area (TPSA) is 175 Å². The molecule has 2 aliphatic heterocycles. The first-order valence-electron chi connectivity index (χ1n) is 9.35. The minimum Gasteiger partial charge on any atom is -0.477 e. The van der Waals surface area contributed by atoms with Gasteiger partial charge >= 0.3 is 5.97 Å². The third-order valence-electron chi connectivity index (χ3n) is 5.04. The second kappa shape index (κ2) is 8.55. The molecule has 0 aliphatic carbocycles. The molecule has 1 unspecified atom stereocenters. The van der Waals surface area contributed by atoms with Crippen molar-refractivity contribution in [3.63, 3.8) is 0 Å². The molecule has 1 fully saturated rings. The van der Waals surface area contributed by atoms with Crippen molar-refractivity contribution in [1.29, 1.82) is 0 Å². The van der Waals surface area contributed by atoms with Crippen LogP contribution in [0.3, 0.4) is 0 Å². The molecule has 2 aromatic rings. The SMILES string of the molecule is C[n+]1ccc(SC2=C(C(=O)O)N3C(=O)[C@@H](NC(=O)/C(=N\O)c4nsc(N)n4)C3CC2)cc1.